The number of hydrogen-bond acceptors (Lipinski definition) is 6. The number of amides is 2. The summed E-state index contributed by atoms with van der Waals surface area (Å²) in [4.78, 5) is 29.0. The number of alkyl halides is 7. The van der Waals surface area contributed by atoms with Crippen LogP contribution in [0.1, 0.15) is 29.3 Å². The Morgan fingerprint density at radius 1 is 1.10 bits per heavy atom. The number of halogens is 9. The van der Waals surface area contributed by atoms with Crippen LogP contribution in [0.2, 0.25) is 0 Å². The number of likely N-dealkylation sites (tertiary alicyclic amines) is 1. The fraction of sp³-hybridized carbons (Fsp3) is 0.391. The van der Waals surface area contributed by atoms with E-state index in [-0.39, 0.29) is 6.07 Å². The van der Waals surface area contributed by atoms with Crippen molar-refractivity contribution in [2.75, 3.05) is 18.8 Å². The van der Waals surface area contributed by atoms with Gasteiger partial charge in [-0.05, 0) is 18.6 Å². The quantitative estimate of drug-likeness (QED) is 0.388. The van der Waals surface area contributed by atoms with Crippen molar-refractivity contribution in [2.45, 2.75) is 43.5 Å². The van der Waals surface area contributed by atoms with E-state index in [1.807, 2.05) is 5.32 Å². The number of nitrogens with zero attached hydrogens (tertiary/aromatic N) is 4. The summed E-state index contributed by atoms with van der Waals surface area (Å²) >= 11 is 0. The number of benzene rings is 1. The number of fused-ring (bicyclic) bond motifs is 1. The zero-order valence-electron chi connectivity index (χ0n) is 20.6. The van der Waals surface area contributed by atoms with Crippen LogP contribution in [0.4, 0.5) is 45.3 Å². The standard InChI is InChI=1S/C23H19F9N6O3/c1-2-21(41,23(30,31)32)20(40)37-6-14(26)15(7-37)36-19(39)10-3-9(12(24)5-13(10)25)16-4-11(22(27,28)29)17-18(33)34-8-35-38(16)17/h3-5,8,14-15,41H,2,6-7H2,1H3,(H,36,39)(H2,33,34,35)/t14-,15+,21?/m0/s1. The Bertz CT molecular complexity index is 1520. The van der Waals surface area contributed by atoms with E-state index in [1.165, 1.54) is 0 Å². The van der Waals surface area contributed by atoms with E-state index in [2.05, 4.69) is 10.1 Å². The zero-order valence-corrected chi connectivity index (χ0v) is 20.6. The molecule has 222 valence electrons. The average Bonchev–Trinajstić information content (AvgIpc) is 3.44. The molecular weight excluding hydrogens is 579 g/mol. The predicted molar refractivity (Wildman–Crippen MR) is 122 cm³/mol. The van der Waals surface area contributed by atoms with Crippen LogP contribution in [0, 0.1) is 11.6 Å². The smallest absolute Gasteiger partial charge is 0.382 e. The number of anilines is 1. The topological polar surface area (TPSA) is 126 Å². The Hall–Kier alpha value is -4.09. The van der Waals surface area contributed by atoms with Crippen molar-refractivity contribution in [3.63, 3.8) is 0 Å². The highest BCUT2D eigenvalue weighted by Gasteiger charge is 2.60. The van der Waals surface area contributed by atoms with Gasteiger partial charge in [-0.15, -0.1) is 0 Å². The minimum absolute atomic E-state index is 0.184. The van der Waals surface area contributed by atoms with E-state index in [1.54, 1.807) is 0 Å². The van der Waals surface area contributed by atoms with Crippen molar-refractivity contribution in [1.82, 2.24) is 24.8 Å². The Morgan fingerprint density at radius 3 is 2.34 bits per heavy atom. The molecule has 41 heavy (non-hydrogen) atoms. The number of carbonyl (C=O) groups is 2. The monoisotopic (exact) mass is 598 g/mol. The lowest BCUT2D eigenvalue weighted by atomic mass is 9.98. The van der Waals surface area contributed by atoms with E-state index in [9.17, 15) is 54.2 Å². The summed E-state index contributed by atoms with van der Waals surface area (Å²) in [6.45, 7) is -0.903. The lowest BCUT2D eigenvalue weighted by Gasteiger charge is -2.31. The molecule has 4 N–H and O–H groups in total. The number of aromatic nitrogens is 3. The molecule has 3 heterocycles. The Morgan fingerprint density at radius 2 is 1.76 bits per heavy atom. The van der Waals surface area contributed by atoms with Crippen molar-refractivity contribution in [1.29, 1.82) is 0 Å². The van der Waals surface area contributed by atoms with Crippen LogP contribution in [0.3, 0.4) is 0 Å². The highest BCUT2D eigenvalue weighted by atomic mass is 19.4. The molecule has 1 saturated heterocycles. The van der Waals surface area contributed by atoms with Crippen LogP contribution < -0.4 is 11.1 Å². The number of carbonyl (C=O) groups excluding carboxylic acids is 2. The zero-order chi connectivity index (χ0) is 30.7. The summed E-state index contributed by atoms with van der Waals surface area (Å²) in [6.07, 6.45) is -12.8. The van der Waals surface area contributed by atoms with Crippen molar-refractivity contribution < 1.29 is 54.2 Å². The lowest BCUT2D eigenvalue weighted by molar-refractivity contribution is -0.256. The maximum atomic E-state index is 14.8. The summed E-state index contributed by atoms with van der Waals surface area (Å²) in [5.41, 5.74) is -2.67. The minimum Gasteiger partial charge on any atom is -0.382 e. The van der Waals surface area contributed by atoms with Gasteiger partial charge in [0.25, 0.3) is 11.8 Å². The number of nitrogens with one attached hydrogen (secondary N) is 1. The second-order valence-electron chi connectivity index (χ2n) is 9.18. The van der Waals surface area contributed by atoms with Gasteiger partial charge in [-0.1, -0.05) is 6.92 Å². The third-order valence-electron chi connectivity index (χ3n) is 6.65. The average molecular weight is 598 g/mol. The van der Waals surface area contributed by atoms with E-state index < -0.39 is 107 Å². The maximum absolute atomic E-state index is 14.8. The van der Waals surface area contributed by atoms with Gasteiger partial charge >= 0.3 is 12.4 Å². The van der Waals surface area contributed by atoms with Crippen molar-refractivity contribution in [3.05, 3.63) is 47.3 Å². The largest absolute Gasteiger partial charge is 0.426 e. The van der Waals surface area contributed by atoms with Crippen LogP contribution >= 0.6 is 0 Å². The van der Waals surface area contributed by atoms with Gasteiger partial charge in [0.1, 0.15) is 29.7 Å². The molecule has 18 heteroatoms. The van der Waals surface area contributed by atoms with E-state index in [0.717, 1.165) is 13.3 Å². The molecule has 1 aliphatic heterocycles. The van der Waals surface area contributed by atoms with Crippen LogP contribution in [-0.4, -0.2) is 73.5 Å². The molecule has 9 nitrogen and oxygen atoms in total. The molecule has 0 radical (unpaired) electrons. The molecule has 1 fully saturated rings. The molecule has 0 saturated carbocycles. The number of nitrogens with two attached hydrogens (primary N) is 1. The number of aliphatic hydroxyl groups is 1. The molecule has 1 aliphatic rings. The SMILES string of the molecule is CCC(O)(C(=O)N1C[C@H](F)[C@H](NC(=O)c2cc(-c3cc(C(F)(F)F)c4c(N)ncnn34)c(F)cc2F)C1)C(F)(F)F. The summed E-state index contributed by atoms with van der Waals surface area (Å²) in [5, 5.41) is 15.5. The first-order chi connectivity index (χ1) is 18.9. The molecular formula is C23H19F9N6O3. The first kappa shape index (κ1) is 29.9. The number of nitrogen functional groups attached to an aromatic ring is 1. The van der Waals surface area contributed by atoms with Gasteiger partial charge in [-0.25, -0.2) is 22.7 Å². The van der Waals surface area contributed by atoms with Crippen molar-refractivity contribution in [2.24, 2.45) is 0 Å². The van der Waals surface area contributed by atoms with Crippen LogP contribution in [0.25, 0.3) is 16.8 Å². The molecule has 2 amide bonds. The van der Waals surface area contributed by atoms with Gasteiger partial charge in [-0.3, -0.25) is 9.59 Å². The predicted octanol–water partition coefficient (Wildman–Crippen LogP) is 3.26. The second kappa shape index (κ2) is 10.1. The van der Waals surface area contributed by atoms with Gasteiger partial charge < -0.3 is 21.1 Å². The number of hydrogen-bond donors (Lipinski definition) is 3. The summed E-state index contributed by atoms with van der Waals surface area (Å²) in [7, 11) is 0. The Kier molecular flexibility index (Phi) is 7.34. The molecule has 0 bridgehead atoms. The Balaban J connectivity index is 1.66. The summed E-state index contributed by atoms with van der Waals surface area (Å²) in [5.74, 6) is -6.80. The molecule has 4 rings (SSSR count). The van der Waals surface area contributed by atoms with Gasteiger partial charge in [0.15, 0.2) is 5.82 Å². The molecule has 0 spiro atoms. The fourth-order valence-corrected chi connectivity index (χ4v) is 4.44. The van der Waals surface area contributed by atoms with Gasteiger partial charge in [0.05, 0.1) is 29.4 Å². The molecule has 3 atom stereocenters. The van der Waals surface area contributed by atoms with Gasteiger partial charge in [-0.2, -0.15) is 31.4 Å². The highest BCUT2D eigenvalue weighted by molar-refractivity contribution is 5.96. The Labute approximate surface area is 223 Å². The van der Waals surface area contributed by atoms with Gasteiger partial charge in [0, 0.05) is 18.2 Å². The molecule has 0 aliphatic carbocycles. The summed E-state index contributed by atoms with van der Waals surface area (Å²) < 4.78 is 125. The maximum Gasteiger partial charge on any atom is 0.426 e. The fourth-order valence-electron chi connectivity index (χ4n) is 4.44. The number of rotatable bonds is 5. The lowest BCUT2D eigenvalue weighted by Crippen LogP contribution is -2.57. The van der Waals surface area contributed by atoms with Gasteiger partial charge in [0.2, 0.25) is 5.60 Å². The third kappa shape index (κ3) is 5.11. The first-order valence-electron chi connectivity index (χ1n) is 11.6. The molecule has 3 aromatic rings. The van der Waals surface area contributed by atoms with E-state index >= 15 is 0 Å². The van der Waals surface area contributed by atoms with Crippen LogP contribution in [0.5, 0.6) is 0 Å². The molecule has 1 unspecified atom stereocenters. The summed E-state index contributed by atoms with van der Waals surface area (Å²) in [6, 6.07) is -0.507. The minimum atomic E-state index is -5.38. The highest BCUT2D eigenvalue weighted by Crippen LogP contribution is 2.40. The van der Waals surface area contributed by atoms with E-state index in [4.69, 9.17) is 5.73 Å². The van der Waals surface area contributed by atoms with E-state index in [0.29, 0.717) is 21.5 Å². The third-order valence-corrected chi connectivity index (χ3v) is 6.65. The first-order valence-corrected chi connectivity index (χ1v) is 11.6. The molecule has 2 aromatic heterocycles. The normalized spacial score (nSPS) is 19.4. The second-order valence-corrected chi connectivity index (χ2v) is 9.18. The van der Waals surface area contributed by atoms with Crippen molar-refractivity contribution in [3.8, 4) is 11.3 Å². The van der Waals surface area contributed by atoms with Crippen LogP contribution in [-0.2, 0) is 11.0 Å². The molecule has 1 aromatic carbocycles. The van der Waals surface area contributed by atoms with Crippen molar-refractivity contribution >= 4 is 23.1 Å². The van der Waals surface area contributed by atoms with Crippen LogP contribution in [0.15, 0.2) is 24.5 Å².